The maximum absolute atomic E-state index is 3.45. The molecule has 4 aromatic rings. The average Bonchev–Trinajstić information content (AvgIpc) is 3.05. The quantitative estimate of drug-likeness (QED) is 0.244. The van der Waals surface area contributed by atoms with Gasteiger partial charge in [-0.25, -0.2) is 9.13 Å². The fourth-order valence-electron chi connectivity index (χ4n) is 4.45. The van der Waals surface area contributed by atoms with E-state index in [1.54, 1.807) is 0 Å². The van der Waals surface area contributed by atoms with E-state index in [4.69, 9.17) is 0 Å². The van der Waals surface area contributed by atoms with Gasteiger partial charge in [0.1, 0.15) is 0 Å². The predicted molar refractivity (Wildman–Crippen MR) is 116 cm³/mol. The van der Waals surface area contributed by atoms with Crippen LogP contribution in [0, 0.1) is 6.07 Å². The molecule has 1 aliphatic carbocycles. The van der Waals surface area contributed by atoms with Gasteiger partial charge in [-0.05, 0) is 41.5 Å². The van der Waals surface area contributed by atoms with Crippen molar-refractivity contribution in [2.24, 2.45) is 7.05 Å². The number of rotatable bonds is 4. The van der Waals surface area contributed by atoms with Crippen molar-refractivity contribution in [3.63, 3.8) is 0 Å². The standard InChI is InChI=1S/C26H26N2.Ir/c1-3-4-8-19-9-7-12-24(13-19)28-18-27(2)25-16-22-14-20-10-5-6-11-21(20)15-23(22)17-26(25)28;/h5-7,9-11,13,16-18H,3-4,8,14-15H2,1-2H3;. The maximum atomic E-state index is 3.45. The van der Waals surface area contributed by atoms with Crippen LogP contribution in [0.5, 0.6) is 0 Å². The van der Waals surface area contributed by atoms with E-state index in [1.165, 1.54) is 51.7 Å². The molecular formula is C26H26IrN2. The van der Waals surface area contributed by atoms with Gasteiger partial charge in [-0.2, -0.15) is 12.1 Å². The Hall–Kier alpha value is -2.22. The summed E-state index contributed by atoms with van der Waals surface area (Å²) in [6.07, 6.45) is 7.84. The number of aryl methyl sites for hydroxylation is 2. The molecule has 1 aliphatic rings. The first-order valence-electron chi connectivity index (χ1n) is 10.3. The van der Waals surface area contributed by atoms with Crippen molar-refractivity contribution in [1.29, 1.82) is 0 Å². The molecule has 149 valence electrons. The van der Waals surface area contributed by atoms with Crippen LogP contribution in [-0.4, -0.2) is 9.13 Å². The summed E-state index contributed by atoms with van der Waals surface area (Å²) in [4.78, 5) is 0. The molecule has 3 aromatic carbocycles. The Morgan fingerprint density at radius 1 is 0.931 bits per heavy atom. The molecule has 1 heterocycles. The zero-order chi connectivity index (χ0) is 19.1. The van der Waals surface area contributed by atoms with Crippen LogP contribution in [0.25, 0.3) is 16.7 Å². The number of unbranched alkanes of at least 4 members (excludes halogenated alkanes) is 1. The van der Waals surface area contributed by atoms with Crippen molar-refractivity contribution in [1.82, 2.24) is 9.13 Å². The third-order valence-corrected chi connectivity index (χ3v) is 6.03. The smallest absolute Gasteiger partial charge is 0.189 e. The third-order valence-electron chi connectivity index (χ3n) is 6.03. The number of hydrogen-bond acceptors (Lipinski definition) is 0. The van der Waals surface area contributed by atoms with Gasteiger partial charge < -0.3 is 0 Å². The van der Waals surface area contributed by atoms with Gasteiger partial charge >= 0.3 is 0 Å². The molecule has 5 rings (SSSR count). The predicted octanol–water partition coefficient (Wildman–Crippen LogP) is 5.89. The first-order chi connectivity index (χ1) is 13.7. The largest absolute Gasteiger partial charge is 0.248 e. The molecule has 0 N–H and O–H groups in total. The molecule has 0 aliphatic heterocycles. The maximum Gasteiger partial charge on any atom is 0.189 e. The van der Waals surface area contributed by atoms with E-state index < -0.39 is 0 Å². The molecule has 0 unspecified atom stereocenters. The minimum absolute atomic E-state index is 0. The van der Waals surface area contributed by atoms with E-state index in [0.29, 0.717) is 0 Å². The van der Waals surface area contributed by atoms with Crippen LogP contribution in [-0.2, 0) is 46.4 Å². The molecule has 0 saturated heterocycles. The molecule has 3 heteroatoms. The van der Waals surface area contributed by atoms with Gasteiger partial charge in [0.05, 0.1) is 0 Å². The second-order valence-corrected chi connectivity index (χ2v) is 8.01. The Bertz CT molecular complexity index is 1170. The first-order valence-corrected chi connectivity index (χ1v) is 10.3. The average molecular weight is 559 g/mol. The summed E-state index contributed by atoms with van der Waals surface area (Å²) >= 11 is 0. The summed E-state index contributed by atoms with van der Waals surface area (Å²) in [5, 5.41) is 0. The molecule has 0 fully saturated rings. The Morgan fingerprint density at radius 2 is 1.62 bits per heavy atom. The van der Waals surface area contributed by atoms with E-state index >= 15 is 0 Å². The van der Waals surface area contributed by atoms with Crippen LogP contribution >= 0.6 is 0 Å². The Labute approximate surface area is 186 Å². The van der Waals surface area contributed by atoms with Crippen LogP contribution in [0.4, 0.5) is 0 Å². The molecule has 0 atom stereocenters. The van der Waals surface area contributed by atoms with Gasteiger partial charge in [0.25, 0.3) is 0 Å². The topological polar surface area (TPSA) is 9.86 Å². The van der Waals surface area contributed by atoms with Crippen LogP contribution < -0.4 is 0 Å². The molecule has 1 aromatic heterocycles. The van der Waals surface area contributed by atoms with Crippen LogP contribution in [0.15, 0.2) is 60.9 Å². The van der Waals surface area contributed by atoms with Crippen molar-refractivity contribution in [3.8, 4) is 5.69 Å². The zero-order valence-electron chi connectivity index (χ0n) is 17.0. The van der Waals surface area contributed by atoms with E-state index in [1.807, 2.05) is 0 Å². The Balaban J connectivity index is 0.00000205. The minimum Gasteiger partial charge on any atom is -0.248 e. The van der Waals surface area contributed by atoms with E-state index in [-0.39, 0.29) is 20.1 Å². The third kappa shape index (κ3) is 3.70. The second kappa shape index (κ2) is 8.26. The van der Waals surface area contributed by atoms with Crippen molar-refractivity contribution in [2.75, 3.05) is 0 Å². The monoisotopic (exact) mass is 559 g/mol. The normalized spacial score (nSPS) is 12.3. The molecule has 2 nitrogen and oxygen atoms in total. The summed E-state index contributed by atoms with van der Waals surface area (Å²) in [6, 6.07) is 23.6. The number of aromatic nitrogens is 2. The zero-order valence-corrected chi connectivity index (χ0v) is 19.4. The van der Waals surface area contributed by atoms with Crippen molar-refractivity contribution < 1.29 is 20.1 Å². The molecular weight excluding hydrogens is 533 g/mol. The molecule has 0 amide bonds. The van der Waals surface area contributed by atoms with Gasteiger partial charge in [-0.1, -0.05) is 50.1 Å². The van der Waals surface area contributed by atoms with Gasteiger partial charge in [-0.15, -0.1) is 11.6 Å². The summed E-state index contributed by atoms with van der Waals surface area (Å²) in [7, 11) is 2.14. The minimum atomic E-state index is 0. The van der Waals surface area contributed by atoms with Gasteiger partial charge in [0, 0.05) is 45.0 Å². The molecule has 0 bridgehead atoms. The van der Waals surface area contributed by atoms with Gasteiger partial charge in [0.15, 0.2) is 17.4 Å². The Morgan fingerprint density at radius 3 is 2.31 bits per heavy atom. The number of fused-ring (bicyclic) bond motifs is 3. The van der Waals surface area contributed by atoms with Gasteiger partial charge in [-0.3, -0.25) is 0 Å². The first kappa shape index (κ1) is 20.1. The summed E-state index contributed by atoms with van der Waals surface area (Å²) in [5.41, 5.74) is 10.9. The molecule has 0 saturated carbocycles. The molecule has 29 heavy (non-hydrogen) atoms. The van der Waals surface area contributed by atoms with Crippen LogP contribution in [0.2, 0.25) is 0 Å². The summed E-state index contributed by atoms with van der Waals surface area (Å²) < 4.78 is 4.54. The summed E-state index contributed by atoms with van der Waals surface area (Å²) in [6.45, 7) is 2.25. The fraction of sp³-hybridized carbons (Fsp3) is 0.269. The van der Waals surface area contributed by atoms with Crippen LogP contribution in [0.3, 0.4) is 0 Å². The number of nitrogens with zero attached hydrogens (tertiary/aromatic N) is 2. The number of benzene rings is 3. The van der Waals surface area contributed by atoms with E-state index in [0.717, 1.165) is 24.9 Å². The van der Waals surface area contributed by atoms with E-state index in [9.17, 15) is 0 Å². The number of hydrogen-bond donors (Lipinski definition) is 0. The summed E-state index contributed by atoms with van der Waals surface area (Å²) in [5.74, 6) is 0. The van der Waals surface area contributed by atoms with Crippen LogP contribution in [0.1, 0.15) is 47.6 Å². The van der Waals surface area contributed by atoms with Crippen molar-refractivity contribution in [3.05, 3.63) is 94.8 Å². The van der Waals surface area contributed by atoms with Crippen molar-refractivity contribution >= 4 is 11.0 Å². The molecule has 1 radical (unpaired) electrons. The van der Waals surface area contributed by atoms with Gasteiger partial charge in [0.2, 0.25) is 0 Å². The fourth-order valence-corrected chi connectivity index (χ4v) is 4.45. The number of imidazole rings is 1. The van der Waals surface area contributed by atoms with E-state index in [2.05, 4.69) is 90.1 Å². The SMILES string of the molecule is CCCCc1cc[c-]c(-n2[cH+]n(C)c3cc4c(cc32)Cc2ccccc2C4)c1.[Ir]. The Kier molecular flexibility index (Phi) is 5.72. The second-order valence-electron chi connectivity index (χ2n) is 8.01. The molecule has 0 spiro atoms. The van der Waals surface area contributed by atoms with Crippen molar-refractivity contribution in [2.45, 2.75) is 39.0 Å².